The molecule has 0 spiro atoms. The van der Waals surface area contributed by atoms with Gasteiger partial charge in [-0.25, -0.2) is 13.4 Å². The highest BCUT2D eigenvalue weighted by Gasteiger charge is 2.26. The third kappa shape index (κ3) is 4.52. The van der Waals surface area contributed by atoms with E-state index in [0.717, 1.165) is 16.5 Å². The summed E-state index contributed by atoms with van der Waals surface area (Å²) in [7, 11) is 0.268. The number of benzene rings is 2. The number of fused-ring (bicyclic) bond motifs is 1. The Morgan fingerprint density at radius 3 is 2.54 bits per heavy atom. The summed E-state index contributed by atoms with van der Waals surface area (Å²) in [5.74, 6) is -0.395. The van der Waals surface area contributed by atoms with Crippen molar-refractivity contribution < 1.29 is 13.2 Å². The molecule has 0 N–H and O–H groups in total. The monoisotopic (exact) mass is 437 g/mol. The second-order valence-corrected chi connectivity index (χ2v) is 10.1. The van der Waals surface area contributed by atoms with Crippen LogP contribution in [-0.2, 0) is 9.84 Å². The Balaban J connectivity index is 2.08. The molecular weight excluding hydrogens is 418 g/mol. The summed E-state index contributed by atoms with van der Waals surface area (Å²) in [4.78, 5) is 21.4. The normalized spacial score (nSPS) is 11.9. The van der Waals surface area contributed by atoms with Crippen molar-refractivity contribution in [1.29, 1.82) is 0 Å². The number of hydrogen-bond acceptors (Lipinski definition) is 6. The highest BCUT2D eigenvalue weighted by Crippen LogP contribution is 2.32. The zero-order chi connectivity index (χ0) is 20.5. The van der Waals surface area contributed by atoms with Crippen LogP contribution in [-0.4, -0.2) is 57.6 Å². The van der Waals surface area contributed by atoms with Gasteiger partial charge in [0.2, 0.25) is 0 Å². The average Bonchev–Trinajstić information content (AvgIpc) is 3.03. The van der Waals surface area contributed by atoms with Crippen LogP contribution in [0.15, 0.2) is 47.4 Å². The Kier molecular flexibility index (Phi) is 6.04. The van der Waals surface area contributed by atoms with Gasteiger partial charge in [0.05, 0.1) is 20.7 Å². The first-order valence-corrected chi connectivity index (χ1v) is 11.6. The molecule has 3 aromatic rings. The highest BCUT2D eigenvalue weighted by atomic mass is 35.5. The number of halogens is 1. The van der Waals surface area contributed by atoms with E-state index in [1.807, 2.05) is 19.0 Å². The minimum absolute atomic E-state index is 0.0130. The van der Waals surface area contributed by atoms with E-state index >= 15 is 0 Å². The number of carbonyl (C=O) groups excluding carboxylic acids is 1. The van der Waals surface area contributed by atoms with Gasteiger partial charge in [-0.3, -0.25) is 9.69 Å². The second-order valence-electron chi connectivity index (χ2n) is 6.64. The molecule has 9 heteroatoms. The van der Waals surface area contributed by atoms with Crippen molar-refractivity contribution in [1.82, 2.24) is 9.88 Å². The fourth-order valence-corrected chi connectivity index (χ4v) is 4.84. The lowest BCUT2D eigenvalue weighted by atomic mass is 10.2. The summed E-state index contributed by atoms with van der Waals surface area (Å²) in [5, 5.41) is 1.10. The van der Waals surface area contributed by atoms with Crippen LogP contribution < -0.4 is 4.90 Å². The van der Waals surface area contributed by atoms with Gasteiger partial charge >= 0.3 is 0 Å². The molecule has 1 aromatic heterocycles. The van der Waals surface area contributed by atoms with E-state index in [4.69, 9.17) is 11.6 Å². The van der Waals surface area contributed by atoms with Gasteiger partial charge in [0, 0.05) is 24.4 Å². The minimum atomic E-state index is -3.55. The van der Waals surface area contributed by atoms with Crippen LogP contribution in [0, 0.1) is 0 Å². The van der Waals surface area contributed by atoms with Crippen molar-refractivity contribution in [3.63, 3.8) is 0 Å². The average molecular weight is 438 g/mol. The maximum Gasteiger partial charge on any atom is 0.261 e. The van der Waals surface area contributed by atoms with E-state index in [0.29, 0.717) is 23.2 Å². The fraction of sp³-hybridized carbons (Fsp3) is 0.263. The fourth-order valence-electron chi connectivity index (χ4n) is 2.70. The number of amides is 1. The number of sulfone groups is 1. The molecule has 1 amide bonds. The van der Waals surface area contributed by atoms with Gasteiger partial charge in [0.1, 0.15) is 0 Å². The first kappa shape index (κ1) is 20.7. The van der Waals surface area contributed by atoms with Crippen molar-refractivity contribution in [3.8, 4) is 0 Å². The van der Waals surface area contributed by atoms with E-state index in [-0.39, 0.29) is 10.5 Å². The molecule has 0 fully saturated rings. The van der Waals surface area contributed by atoms with Crippen molar-refractivity contribution >= 4 is 54.0 Å². The lowest BCUT2D eigenvalue weighted by Crippen LogP contribution is -2.37. The molecule has 3 rings (SSSR count). The Hall–Kier alpha value is -2.00. The highest BCUT2D eigenvalue weighted by molar-refractivity contribution is 7.90. The van der Waals surface area contributed by atoms with Gasteiger partial charge in [-0.05, 0) is 44.4 Å². The molecule has 2 aromatic carbocycles. The van der Waals surface area contributed by atoms with Crippen LogP contribution in [0.25, 0.3) is 10.2 Å². The molecule has 0 radical (unpaired) electrons. The Morgan fingerprint density at radius 2 is 1.86 bits per heavy atom. The number of hydrogen-bond donors (Lipinski definition) is 0. The SMILES string of the molecule is CN(C)CCN(C(=O)c1ccccc1S(C)(=O)=O)c1nc2ccc(Cl)cc2s1. The number of aromatic nitrogens is 1. The molecule has 0 saturated heterocycles. The van der Waals surface area contributed by atoms with Gasteiger partial charge in [0.15, 0.2) is 15.0 Å². The van der Waals surface area contributed by atoms with Gasteiger partial charge in [-0.2, -0.15) is 0 Å². The summed E-state index contributed by atoms with van der Waals surface area (Å²) in [6.07, 6.45) is 1.10. The molecule has 0 bridgehead atoms. The quantitative estimate of drug-likeness (QED) is 0.589. The predicted molar refractivity (Wildman–Crippen MR) is 114 cm³/mol. The van der Waals surface area contributed by atoms with E-state index < -0.39 is 15.7 Å². The predicted octanol–water partition coefficient (Wildman–Crippen LogP) is 3.56. The molecule has 0 aliphatic carbocycles. The third-order valence-electron chi connectivity index (χ3n) is 4.10. The van der Waals surface area contributed by atoms with Crippen molar-refractivity contribution in [2.75, 3.05) is 38.3 Å². The summed E-state index contributed by atoms with van der Waals surface area (Å²) < 4.78 is 25.2. The maximum absolute atomic E-state index is 13.4. The maximum atomic E-state index is 13.4. The van der Waals surface area contributed by atoms with E-state index in [1.54, 1.807) is 30.3 Å². The first-order chi connectivity index (χ1) is 13.2. The lowest BCUT2D eigenvalue weighted by Gasteiger charge is -2.22. The third-order valence-corrected chi connectivity index (χ3v) is 6.53. The molecule has 28 heavy (non-hydrogen) atoms. The summed E-state index contributed by atoms with van der Waals surface area (Å²) in [5.41, 5.74) is 0.879. The molecule has 6 nitrogen and oxygen atoms in total. The number of rotatable bonds is 6. The lowest BCUT2D eigenvalue weighted by molar-refractivity contribution is 0.0982. The van der Waals surface area contributed by atoms with Crippen molar-refractivity contribution in [3.05, 3.63) is 53.1 Å². The molecule has 0 aliphatic rings. The first-order valence-electron chi connectivity index (χ1n) is 8.48. The Morgan fingerprint density at radius 1 is 1.14 bits per heavy atom. The molecule has 0 unspecified atom stereocenters. The topological polar surface area (TPSA) is 70.6 Å². The standard InChI is InChI=1S/C19H20ClN3O3S2/c1-22(2)10-11-23(19-21-15-9-8-13(20)12-16(15)27-19)18(24)14-6-4-5-7-17(14)28(3,25)26/h4-9,12H,10-11H2,1-3H3. The van der Waals surface area contributed by atoms with Crippen molar-refractivity contribution in [2.45, 2.75) is 4.90 Å². The Bertz CT molecular complexity index is 1130. The minimum Gasteiger partial charge on any atom is -0.308 e. The summed E-state index contributed by atoms with van der Waals surface area (Å²) in [6, 6.07) is 11.6. The number of thiazole rings is 1. The van der Waals surface area contributed by atoms with Crippen LogP contribution in [0.4, 0.5) is 5.13 Å². The van der Waals surface area contributed by atoms with E-state index in [1.165, 1.54) is 28.4 Å². The smallest absolute Gasteiger partial charge is 0.261 e. The number of nitrogens with zero attached hydrogens (tertiary/aromatic N) is 3. The number of likely N-dealkylation sites (N-methyl/N-ethyl adjacent to an activating group) is 1. The summed E-state index contributed by atoms with van der Waals surface area (Å²) in [6.45, 7) is 0.973. The van der Waals surface area contributed by atoms with Crippen LogP contribution in [0.3, 0.4) is 0 Å². The largest absolute Gasteiger partial charge is 0.308 e. The van der Waals surface area contributed by atoms with Crippen LogP contribution >= 0.6 is 22.9 Å². The molecule has 1 heterocycles. The Labute approximate surface area is 173 Å². The van der Waals surface area contributed by atoms with Gasteiger partial charge in [0.25, 0.3) is 5.91 Å². The van der Waals surface area contributed by atoms with E-state index in [2.05, 4.69) is 4.98 Å². The zero-order valence-electron chi connectivity index (χ0n) is 15.7. The zero-order valence-corrected chi connectivity index (χ0v) is 18.1. The molecule has 148 valence electrons. The van der Waals surface area contributed by atoms with Crippen LogP contribution in [0.1, 0.15) is 10.4 Å². The number of carbonyl (C=O) groups is 1. The van der Waals surface area contributed by atoms with Crippen molar-refractivity contribution in [2.24, 2.45) is 0 Å². The molecule has 0 aliphatic heterocycles. The van der Waals surface area contributed by atoms with Crippen LogP contribution in [0.2, 0.25) is 5.02 Å². The van der Waals surface area contributed by atoms with E-state index in [9.17, 15) is 13.2 Å². The van der Waals surface area contributed by atoms with Crippen LogP contribution in [0.5, 0.6) is 0 Å². The number of anilines is 1. The molecule has 0 saturated carbocycles. The second kappa shape index (κ2) is 8.16. The van der Waals surface area contributed by atoms with Gasteiger partial charge in [-0.15, -0.1) is 0 Å². The molecule has 0 atom stereocenters. The molecular formula is C19H20ClN3O3S2. The van der Waals surface area contributed by atoms with Gasteiger partial charge in [-0.1, -0.05) is 35.1 Å². The summed E-state index contributed by atoms with van der Waals surface area (Å²) >= 11 is 7.41. The van der Waals surface area contributed by atoms with Gasteiger partial charge < -0.3 is 4.90 Å².